The number of esters is 1. The van der Waals surface area contributed by atoms with Gasteiger partial charge in [0.1, 0.15) is 6.61 Å². The van der Waals surface area contributed by atoms with Gasteiger partial charge in [-0.3, -0.25) is 0 Å². The van der Waals surface area contributed by atoms with Crippen molar-refractivity contribution in [2.75, 3.05) is 12.9 Å². The molecule has 1 aliphatic heterocycles. The van der Waals surface area contributed by atoms with E-state index in [1.165, 1.54) is 7.11 Å². The first kappa shape index (κ1) is 18.3. The van der Waals surface area contributed by atoms with E-state index in [0.717, 1.165) is 33.8 Å². The maximum Gasteiger partial charge on any atom is 0.407 e. The Morgan fingerprint density at radius 2 is 2.00 bits per heavy atom. The first-order valence-electron chi connectivity index (χ1n) is 8.41. The Labute approximate surface area is 157 Å². The van der Waals surface area contributed by atoms with Crippen LogP contribution >= 0.6 is 11.8 Å². The highest BCUT2D eigenvalue weighted by Crippen LogP contribution is 2.38. The lowest BCUT2D eigenvalue weighted by Crippen LogP contribution is -2.31. The van der Waals surface area contributed by atoms with Gasteiger partial charge in [-0.25, -0.2) is 9.59 Å². The lowest BCUT2D eigenvalue weighted by Gasteiger charge is -2.26. The van der Waals surface area contributed by atoms with Crippen LogP contribution in [-0.4, -0.2) is 24.9 Å². The molecule has 0 saturated carbocycles. The van der Waals surface area contributed by atoms with Crippen molar-refractivity contribution in [2.45, 2.75) is 30.9 Å². The number of hydrogen-bond acceptors (Lipinski definition) is 5. The highest BCUT2D eigenvalue weighted by atomic mass is 32.2. The third kappa shape index (κ3) is 4.19. The molecule has 26 heavy (non-hydrogen) atoms. The molecular weight excluding hydrogens is 350 g/mol. The first-order chi connectivity index (χ1) is 12.6. The van der Waals surface area contributed by atoms with Gasteiger partial charge in [0.2, 0.25) is 0 Å². The van der Waals surface area contributed by atoms with Crippen LogP contribution < -0.4 is 5.32 Å². The van der Waals surface area contributed by atoms with Gasteiger partial charge in [-0.15, -0.1) is 11.8 Å². The molecule has 0 saturated heterocycles. The normalized spacial score (nSPS) is 15.7. The molecule has 1 aliphatic rings. The van der Waals surface area contributed by atoms with Crippen molar-refractivity contribution in [1.29, 1.82) is 0 Å². The Kier molecular flexibility index (Phi) is 5.83. The molecule has 0 aliphatic carbocycles. The third-order valence-corrected chi connectivity index (χ3v) is 5.41. The zero-order valence-corrected chi connectivity index (χ0v) is 15.6. The maximum absolute atomic E-state index is 12.2. The number of carbonyl (C=O) groups excluding carboxylic acids is 2. The molecule has 2 aromatic carbocycles. The first-order valence-corrected chi connectivity index (χ1v) is 9.40. The van der Waals surface area contributed by atoms with Crippen LogP contribution in [0.2, 0.25) is 0 Å². The van der Waals surface area contributed by atoms with Crippen LogP contribution in [0, 0.1) is 6.92 Å². The zero-order chi connectivity index (χ0) is 18.5. The SMILES string of the molecule is COC(=O)c1cc2c(cc1C)C(NC(=O)OCc1ccccc1)CCS2. The van der Waals surface area contributed by atoms with Crippen molar-refractivity contribution >= 4 is 23.8 Å². The molecule has 0 bridgehead atoms. The van der Waals surface area contributed by atoms with Crippen molar-refractivity contribution < 1.29 is 19.1 Å². The van der Waals surface area contributed by atoms with Crippen molar-refractivity contribution in [2.24, 2.45) is 0 Å². The molecule has 0 aromatic heterocycles. The van der Waals surface area contributed by atoms with E-state index < -0.39 is 6.09 Å². The van der Waals surface area contributed by atoms with Gasteiger partial charge in [0.05, 0.1) is 18.7 Å². The number of carbonyl (C=O) groups is 2. The van der Waals surface area contributed by atoms with Crippen LogP contribution in [0.3, 0.4) is 0 Å². The van der Waals surface area contributed by atoms with E-state index in [4.69, 9.17) is 9.47 Å². The van der Waals surface area contributed by atoms with Crippen LogP contribution in [0.1, 0.15) is 39.5 Å². The molecule has 0 radical (unpaired) electrons. The molecule has 0 fully saturated rings. The lowest BCUT2D eigenvalue weighted by molar-refractivity contribution is 0.0599. The minimum absolute atomic E-state index is 0.125. The van der Waals surface area contributed by atoms with Crippen LogP contribution in [0.25, 0.3) is 0 Å². The average molecular weight is 371 g/mol. The molecule has 1 heterocycles. The van der Waals surface area contributed by atoms with E-state index in [1.54, 1.807) is 11.8 Å². The number of ether oxygens (including phenoxy) is 2. The second kappa shape index (κ2) is 8.27. The van der Waals surface area contributed by atoms with Gasteiger partial charge in [-0.05, 0) is 36.1 Å². The number of fused-ring (bicyclic) bond motifs is 1. The summed E-state index contributed by atoms with van der Waals surface area (Å²) in [5.74, 6) is 0.517. The molecule has 1 unspecified atom stereocenters. The fourth-order valence-corrected chi connectivity index (χ4v) is 4.08. The highest BCUT2D eigenvalue weighted by Gasteiger charge is 2.25. The molecule has 3 rings (SSSR count). The minimum atomic E-state index is -0.439. The van der Waals surface area contributed by atoms with Gasteiger partial charge in [0.15, 0.2) is 0 Å². The van der Waals surface area contributed by atoms with Crippen LogP contribution in [0.15, 0.2) is 47.4 Å². The Hall–Kier alpha value is -2.47. The second-order valence-corrected chi connectivity index (χ2v) is 7.23. The Morgan fingerprint density at radius 3 is 2.73 bits per heavy atom. The molecule has 6 heteroatoms. The molecule has 136 valence electrons. The highest BCUT2D eigenvalue weighted by molar-refractivity contribution is 7.99. The summed E-state index contributed by atoms with van der Waals surface area (Å²) in [5, 5.41) is 2.94. The third-order valence-electron chi connectivity index (χ3n) is 4.31. The Bertz CT molecular complexity index is 807. The summed E-state index contributed by atoms with van der Waals surface area (Å²) in [4.78, 5) is 25.1. The molecule has 1 amide bonds. The molecule has 5 nitrogen and oxygen atoms in total. The monoisotopic (exact) mass is 371 g/mol. The molecule has 1 N–H and O–H groups in total. The van der Waals surface area contributed by atoms with Gasteiger partial charge >= 0.3 is 12.1 Å². The molecule has 0 spiro atoms. The Balaban J connectivity index is 1.70. The fraction of sp³-hybridized carbons (Fsp3) is 0.300. The molecular formula is C20H21NO4S. The summed E-state index contributed by atoms with van der Waals surface area (Å²) >= 11 is 1.68. The Morgan fingerprint density at radius 1 is 1.23 bits per heavy atom. The van der Waals surface area contributed by atoms with E-state index >= 15 is 0 Å². The summed E-state index contributed by atoms with van der Waals surface area (Å²) < 4.78 is 10.2. The number of alkyl carbamates (subject to hydrolysis) is 1. The van der Waals surface area contributed by atoms with Gasteiger partial charge < -0.3 is 14.8 Å². The van der Waals surface area contributed by atoms with Crippen molar-refractivity contribution in [1.82, 2.24) is 5.32 Å². The van der Waals surface area contributed by atoms with E-state index in [0.29, 0.717) is 5.56 Å². The van der Waals surface area contributed by atoms with Crippen molar-refractivity contribution in [3.05, 3.63) is 64.7 Å². The molecule has 1 atom stereocenters. The number of hydrogen-bond donors (Lipinski definition) is 1. The van der Waals surface area contributed by atoms with Crippen LogP contribution in [0.5, 0.6) is 0 Å². The van der Waals surface area contributed by atoms with E-state index in [1.807, 2.05) is 49.4 Å². The van der Waals surface area contributed by atoms with Crippen molar-refractivity contribution in [3.8, 4) is 0 Å². The number of rotatable bonds is 4. The fourth-order valence-electron chi connectivity index (χ4n) is 2.94. The van der Waals surface area contributed by atoms with E-state index in [-0.39, 0.29) is 18.6 Å². The molecule has 2 aromatic rings. The summed E-state index contributed by atoms with van der Waals surface area (Å²) in [7, 11) is 1.38. The van der Waals surface area contributed by atoms with Crippen LogP contribution in [-0.2, 0) is 16.1 Å². The maximum atomic E-state index is 12.2. The second-order valence-electron chi connectivity index (χ2n) is 6.09. The van der Waals surface area contributed by atoms with Gasteiger partial charge in [0, 0.05) is 10.6 Å². The smallest absolute Gasteiger partial charge is 0.407 e. The number of aryl methyl sites for hydroxylation is 1. The number of amides is 1. The number of nitrogens with one attached hydrogen (secondary N) is 1. The summed E-state index contributed by atoms with van der Waals surface area (Å²) in [5.41, 5.74) is 3.36. The lowest BCUT2D eigenvalue weighted by atomic mass is 9.98. The zero-order valence-electron chi connectivity index (χ0n) is 14.8. The number of benzene rings is 2. The van der Waals surface area contributed by atoms with Gasteiger partial charge in [0.25, 0.3) is 0 Å². The van der Waals surface area contributed by atoms with Crippen LogP contribution in [0.4, 0.5) is 4.79 Å². The predicted molar refractivity (Wildman–Crippen MR) is 100 cm³/mol. The quantitative estimate of drug-likeness (QED) is 0.814. The predicted octanol–water partition coefficient (Wildman–Crippen LogP) is 4.24. The number of thioether (sulfide) groups is 1. The van der Waals surface area contributed by atoms with E-state index in [2.05, 4.69) is 5.32 Å². The summed E-state index contributed by atoms with van der Waals surface area (Å²) in [6.45, 7) is 2.11. The summed E-state index contributed by atoms with van der Waals surface area (Å²) in [6, 6.07) is 13.3. The van der Waals surface area contributed by atoms with Gasteiger partial charge in [-0.1, -0.05) is 36.4 Å². The van der Waals surface area contributed by atoms with E-state index in [9.17, 15) is 9.59 Å². The summed E-state index contributed by atoms with van der Waals surface area (Å²) in [6.07, 6.45) is 0.376. The topological polar surface area (TPSA) is 64.6 Å². The standard InChI is InChI=1S/C20H21NO4S/c1-13-10-16-17(8-9-26-18(16)11-15(13)19(22)24-2)21-20(23)25-12-14-6-4-3-5-7-14/h3-7,10-11,17H,8-9,12H2,1-2H3,(H,21,23). The number of methoxy groups -OCH3 is 1. The average Bonchev–Trinajstić information content (AvgIpc) is 2.66. The van der Waals surface area contributed by atoms with Crippen molar-refractivity contribution in [3.63, 3.8) is 0 Å². The van der Waals surface area contributed by atoms with Gasteiger partial charge in [-0.2, -0.15) is 0 Å². The minimum Gasteiger partial charge on any atom is -0.465 e. The largest absolute Gasteiger partial charge is 0.465 e.